The predicted molar refractivity (Wildman–Crippen MR) is 62.4 cm³/mol. The van der Waals surface area contributed by atoms with Gasteiger partial charge in [0.05, 0.1) is 5.41 Å². The third kappa shape index (κ3) is 2.15. The highest BCUT2D eigenvalue weighted by Gasteiger charge is 2.37. The topological polar surface area (TPSA) is 72.2 Å². The lowest BCUT2D eigenvalue weighted by molar-refractivity contribution is -0.128. The van der Waals surface area contributed by atoms with Crippen molar-refractivity contribution in [3.05, 3.63) is 23.3 Å². The minimum atomic E-state index is -0.627. The Morgan fingerprint density at radius 3 is 2.62 bits per heavy atom. The summed E-state index contributed by atoms with van der Waals surface area (Å²) in [7, 11) is 1.60. The first-order valence-electron chi connectivity index (χ1n) is 5.37. The van der Waals surface area contributed by atoms with E-state index in [9.17, 15) is 9.59 Å². The highest BCUT2D eigenvalue weighted by atomic mass is 16.2. The average Bonchev–Trinajstić information content (AvgIpc) is 2.26. The molecule has 0 fully saturated rings. The monoisotopic (exact) mass is 222 g/mol. The average molecular weight is 222 g/mol. The molecule has 1 atom stereocenters. The minimum absolute atomic E-state index is 0.0683. The summed E-state index contributed by atoms with van der Waals surface area (Å²) in [6.45, 7) is 3.80. The van der Waals surface area contributed by atoms with Gasteiger partial charge in [-0.05, 0) is 19.8 Å². The molecule has 0 spiro atoms. The van der Waals surface area contributed by atoms with E-state index in [1.54, 1.807) is 13.1 Å². The van der Waals surface area contributed by atoms with Crippen molar-refractivity contribution in [2.24, 2.45) is 11.1 Å². The molecule has 2 amide bonds. The van der Waals surface area contributed by atoms with Gasteiger partial charge in [0, 0.05) is 12.6 Å². The summed E-state index contributed by atoms with van der Waals surface area (Å²) < 4.78 is 0. The summed E-state index contributed by atoms with van der Waals surface area (Å²) in [4.78, 5) is 23.1. The first-order chi connectivity index (χ1) is 7.45. The largest absolute Gasteiger partial charge is 0.366 e. The lowest BCUT2D eigenvalue weighted by Crippen LogP contribution is -2.40. The quantitative estimate of drug-likeness (QED) is 0.744. The van der Waals surface area contributed by atoms with Crippen LogP contribution in [0.2, 0.25) is 0 Å². The van der Waals surface area contributed by atoms with E-state index in [2.05, 4.69) is 5.32 Å². The van der Waals surface area contributed by atoms with Crippen LogP contribution in [0, 0.1) is 5.41 Å². The number of allylic oxidation sites excluding steroid dienone is 2. The van der Waals surface area contributed by atoms with Crippen molar-refractivity contribution in [2.45, 2.75) is 26.7 Å². The van der Waals surface area contributed by atoms with Gasteiger partial charge >= 0.3 is 0 Å². The van der Waals surface area contributed by atoms with Crippen LogP contribution < -0.4 is 11.1 Å². The zero-order valence-electron chi connectivity index (χ0n) is 9.96. The summed E-state index contributed by atoms with van der Waals surface area (Å²) in [5.74, 6) is -0.518. The number of carbonyl (C=O) groups is 2. The number of nitrogens with two attached hydrogens (primary N) is 1. The third-order valence-electron chi connectivity index (χ3n) is 3.04. The van der Waals surface area contributed by atoms with E-state index in [-0.39, 0.29) is 5.91 Å². The first-order valence-corrected chi connectivity index (χ1v) is 5.37. The van der Waals surface area contributed by atoms with Gasteiger partial charge in [-0.3, -0.25) is 9.59 Å². The molecule has 0 bridgehead atoms. The minimum Gasteiger partial charge on any atom is -0.366 e. The van der Waals surface area contributed by atoms with Crippen molar-refractivity contribution in [3.63, 3.8) is 0 Å². The van der Waals surface area contributed by atoms with Gasteiger partial charge in [-0.2, -0.15) is 0 Å². The Morgan fingerprint density at radius 1 is 1.56 bits per heavy atom. The Kier molecular flexibility index (Phi) is 3.52. The van der Waals surface area contributed by atoms with E-state index in [0.29, 0.717) is 18.4 Å². The second-order valence-corrected chi connectivity index (χ2v) is 4.19. The molecule has 0 heterocycles. The Labute approximate surface area is 95.6 Å². The maximum atomic E-state index is 11.9. The van der Waals surface area contributed by atoms with Crippen molar-refractivity contribution in [1.82, 2.24) is 5.32 Å². The van der Waals surface area contributed by atoms with Crippen LogP contribution in [0.1, 0.15) is 26.7 Å². The number of carbonyl (C=O) groups excluding carboxylic acids is 2. The SMILES string of the molecule is CCC1(C(=O)NC)C=C(C)C=C(C(N)=O)C1. The van der Waals surface area contributed by atoms with Gasteiger partial charge in [0.15, 0.2) is 0 Å². The molecular weight excluding hydrogens is 204 g/mol. The molecule has 3 N–H and O–H groups in total. The number of amides is 2. The standard InChI is InChI=1S/C12H18N2O2/c1-4-12(11(16)14-3)6-8(2)5-9(7-12)10(13)15/h5-6H,4,7H2,1-3H3,(H2,13,15)(H,14,16). The fourth-order valence-electron chi connectivity index (χ4n) is 2.13. The highest BCUT2D eigenvalue weighted by molar-refractivity contribution is 5.95. The predicted octanol–water partition coefficient (Wildman–Crippen LogP) is 0.890. The van der Waals surface area contributed by atoms with Gasteiger partial charge < -0.3 is 11.1 Å². The molecular formula is C12H18N2O2. The number of primary amides is 1. The van der Waals surface area contributed by atoms with Crippen molar-refractivity contribution < 1.29 is 9.59 Å². The molecule has 1 unspecified atom stereocenters. The maximum absolute atomic E-state index is 11.9. The van der Waals surface area contributed by atoms with Gasteiger partial charge in [-0.1, -0.05) is 24.6 Å². The maximum Gasteiger partial charge on any atom is 0.244 e. The number of nitrogens with one attached hydrogen (secondary N) is 1. The molecule has 1 rings (SSSR count). The zero-order chi connectivity index (χ0) is 12.3. The van der Waals surface area contributed by atoms with Gasteiger partial charge in [-0.25, -0.2) is 0 Å². The smallest absolute Gasteiger partial charge is 0.244 e. The lowest BCUT2D eigenvalue weighted by atomic mass is 9.73. The van der Waals surface area contributed by atoms with E-state index in [0.717, 1.165) is 5.57 Å². The Hall–Kier alpha value is -1.58. The van der Waals surface area contributed by atoms with Crippen LogP contribution in [0.3, 0.4) is 0 Å². The van der Waals surface area contributed by atoms with E-state index >= 15 is 0 Å². The lowest BCUT2D eigenvalue weighted by Gasteiger charge is -2.31. The molecule has 4 heteroatoms. The molecule has 0 saturated carbocycles. The van der Waals surface area contributed by atoms with Crippen LogP contribution >= 0.6 is 0 Å². The second-order valence-electron chi connectivity index (χ2n) is 4.19. The summed E-state index contributed by atoms with van der Waals surface area (Å²) in [6.07, 6.45) is 4.70. The summed E-state index contributed by atoms with van der Waals surface area (Å²) in [6, 6.07) is 0. The van der Waals surface area contributed by atoms with Gasteiger partial charge in [-0.15, -0.1) is 0 Å². The highest BCUT2D eigenvalue weighted by Crippen LogP contribution is 2.37. The number of hydrogen-bond acceptors (Lipinski definition) is 2. The molecule has 0 aliphatic heterocycles. The summed E-state index contributed by atoms with van der Waals surface area (Å²) in [5, 5.41) is 2.64. The Balaban J connectivity index is 3.14. The fourth-order valence-corrected chi connectivity index (χ4v) is 2.13. The molecule has 0 aromatic carbocycles. The van der Waals surface area contributed by atoms with E-state index < -0.39 is 11.3 Å². The van der Waals surface area contributed by atoms with Crippen molar-refractivity contribution in [1.29, 1.82) is 0 Å². The van der Waals surface area contributed by atoms with Crippen molar-refractivity contribution in [2.75, 3.05) is 7.05 Å². The first kappa shape index (κ1) is 12.5. The van der Waals surface area contributed by atoms with Crippen molar-refractivity contribution in [3.8, 4) is 0 Å². The summed E-state index contributed by atoms with van der Waals surface area (Å²) >= 11 is 0. The Bertz CT molecular complexity index is 382. The molecule has 0 saturated heterocycles. The molecule has 1 aliphatic carbocycles. The van der Waals surface area contributed by atoms with E-state index in [1.165, 1.54) is 0 Å². The van der Waals surface area contributed by atoms with Crippen LogP contribution in [-0.4, -0.2) is 18.9 Å². The molecule has 1 aliphatic rings. The van der Waals surface area contributed by atoms with Crippen molar-refractivity contribution >= 4 is 11.8 Å². The number of hydrogen-bond donors (Lipinski definition) is 2. The van der Waals surface area contributed by atoms with Crippen LogP contribution in [-0.2, 0) is 9.59 Å². The van der Waals surface area contributed by atoms with E-state index in [4.69, 9.17) is 5.73 Å². The van der Waals surface area contributed by atoms with E-state index in [1.807, 2.05) is 19.9 Å². The fraction of sp³-hybridized carbons (Fsp3) is 0.500. The molecule has 0 aromatic heterocycles. The molecule has 88 valence electrons. The normalized spacial score (nSPS) is 24.4. The molecule has 4 nitrogen and oxygen atoms in total. The van der Waals surface area contributed by atoms with Crippen LogP contribution in [0.25, 0.3) is 0 Å². The molecule has 0 aromatic rings. The number of rotatable bonds is 3. The molecule has 16 heavy (non-hydrogen) atoms. The molecule has 0 radical (unpaired) electrons. The zero-order valence-corrected chi connectivity index (χ0v) is 9.96. The second kappa shape index (κ2) is 4.51. The van der Waals surface area contributed by atoms with Crippen LogP contribution in [0.15, 0.2) is 23.3 Å². The third-order valence-corrected chi connectivity index (χ3v) is 3.04. The summed E-state index contributed by atoms with van der Waals surface area (Å²) in [5.41, 5.74) is 6.08. The van der Waals surface area contributed by atoms with Gasteiger partial charge in [0.2, 0.25) is 11.8 Å². The van der Waals surface area contributed by atoms with Gasteiger partial charge in [0.1, 0.15) is 0 Å². The van der Waals surface area contributed by atoms with Gasteiger partial charge in [0.25, 0.3) is 0 Å². The Morgan fingerprint density at radius 2 is 2.19 bits per heavy atom. The van der Waals surface area contributed by atoms with Crippen LogP contribution in [0.5, 0.6) is 0 Å². The van der Waals surface area contributed by atoms with Crippen LogP contribution in [0.4, 0.5) is 0 Å².